The molecule has 2 heterocycles. The predicted molar refractivity (Wildman–Crippen MR) is 103 cm³/mol. The van der Waals surface area contributed by atoms with Crippen LogP contribution in [-0.4, -0.2) is 40.6 Å². The first kappa shape index (κ1) is 16.8. The molecule has 4 rings (SSSR count). The number of carbonyl (C=O) groups excluding carboxylic acids is 1. The molecule has 0 spiro atoms. The van der Waals surface area contributed by atoms with Gasteiger partial charge in [-0.15, -0.1) is 0 Å². The number of H-pyrrole nitrogens is 1. The van der Waals surface area contributed by atoms with Crippen LogP contribution >= 0.6 is 0 Å². The van der Waals surface area contributed by atoms with Gasteiger partial charge >= 0.3 is 0 Å². The van der Waals surface area contributed by atoms with Gasteiger partial charge < -0.3 is 10.2 Å². The summed E-state index contributed by atoms with van der Waals surface area (Å²) in [6, 6.07) is 16.1. The van der Waals surface area contributed by atoms with Crippen LogP contribution in [0.15, 0.2) is 48.5 Å². The van der Waals surface area contributed by atoms with Crippen LogP contribution in [0.5, 0.6) is 0 Å². The van der Waals surface area contributed by atoms with E-state index in [2.05, 4.69) is 32.5 Å². The monoisotopic (exact) mass is 348 g/mol. The molecule has 1 aliphatic rings. The second kappa shape index (κ2) is 7.30. The minimum absolute atomic E-state index is 0.0432. The zero-order valence-corrected chi connectivity index (χ0v) is 15.0. The summed E-state index contributed by atoms with van der Waals surface area (Å²) in [6.07, 6.45) is 2.47. The third-order valence-corrected chi connectivity index (χ3v) is 5.08. The number of amides is 1. The normalized spacial score (nSPS) is 16.0. The Morgan fingerprint density at radius 1 is 1.19 bits per heavy atom. The zero-order valence-electron chi connectivity index (χ0n) is 15.0. The van der Waals surface area contributed by atoms with Crippen LogP contribution in [0.3, 0.4) is 0 Å². The van der Waals surface area contributed by atoms with Gasteiger partial charge in [-0.1, -0.05) is 42.0 Å². The summed E-state index contributed by atoms with van der Waals surface area (Å²) in [4.78, 5) is 15.4. The van der Waals surface area contributed by atoms with E-state index in [-0.39, 0.29) is 11.9 Å². The second-order valence-corrected chi connectivity index (χ2v) is 7.07. The van der Waals surface area contributed by atoms with E-state index in [1.165, 1.54) is 12.8 Å². The summed E-state index contributed by atoms with van der Waals surface area (Å²) >= 11 is 0. The molecule has 0 bridgehead atoms. The van der Waals surface area contributed by atoms with Crippen molar-refractivity contribution in [3.63, 3.8) is 0 Å². The van der Waals surface area contributed by atoms with Crippen molar-refractivity contribution in [1.82, 2.24) is 20.4 Å². The van der Waals surface area contributed by atoms with E-state index in [0.717, 1.165) is 41.7 Å². The molecule has 1 saturated heterocycles. The molecule has 1 amide bonds. The largest absolute Gasteiger partial charge is 0.343 e. The van der Waals surface area contributed by atoms with Gasteiger partial charge in [-0.3, -0.25) is 9.89 Å². The number of hydrogen-bond acceptors (Lipinski definition) is 3. The van der Waals surface area contributed by atoms with E-state index >= 15 is 0 Å². The summed E-state index contributed by atoms with van der Waals surface area (Å²) in [7, 11) is 0. The Morgan fingerprint density at radius 3 is 2.73 bits per heavy atom. The Kier molecular flexibility index (Phi) is 4.71. The Labute approximate surface area is 153 Å². The maximum absolute atomic E-state index is 13.0. The van der Waals surface area contributed by atoms with E-state index in [1.54, 1.807) is 0 Å². The standard InChI is InChI=1S/C21H24N4O/c1-15-9-10-18-17(13-15)20(24-23-18)21(26)22-19(14-25-11-5-6-12-25)16-7-3-2-4-8-16/h2-4,7-10,13,19H,5-6,11-12,14H2,1H3,(H,22,26)(H,23,24). The second-order valence-electron chi connectivity index (χ2n) is 7.07. The van der Waals surface area contributed by atoms with E-state index in [4.69, 9.17) is 0 Å². The molecule has 5 heteroatoms. The SMILES string of the molecule is Cc1ccc2[nH]nc(C(=O)NC(CN3CCCC3)c3ccccc3)c2c1. The zero-order chi connectivity index (χ0) is 17.9. The van der Waals surface area contributed by atoms with Gasteiger partial charge in [-0.25, -0.2) is 0 Å². The third-order valence-electron chi connectivity index (χ3n) is 5.08. The topological polar surface area (TPSA) is 61.0 Å². The van der Waals surface area contributed by atoms with Crippen molar-refractivity contribution in [2.75, 3.05) is 19.6 Å². The van der Waals surface area contributed by atoms with E-state index < -0.39 is 0 Å². The minimum atomic E-state index is -0.130. The van der Waals surface area contributed by atoms with Crippen molar-refractivity contribution in [1.29, 1.82) is 0 Å². The molecule has 1 aromatic heterocycles. The third kappa shape index (κ3) is 3.48. The number of fused-ring (bicyclic) bond motifs is 1. The highest BCUT2D eigenvalue weighted by molar-refractivity contribution is 6.04. The van der Waals surface area contributed by atoms with Crippen LogP contribution < -0.4 is 5.32 Å². The predicted octanol–water partition coefficient (Wildman–Crippen LogP) is 3.44. The highest BCUT2D eigenvalue weighted by atomic mass is 16.2. The van der Waals surface area contributed by atoms with Crippen LogP contribution in [0.1, 0.15) is 40.5 Å². The van der Waals surface area contributed by atoms with Gasteiger partial charge in [0, 0.05) is 11.9 Å². The highest BCUT2D eigenvalue weighted by Crippen LogP contribution is 2.21. The number of aromatic nitrogens is 2. The lowest BCUT2D eigenvalue weighted by atomic mass is 10.1. The van der Waals surface area contributed by atoms with Gasteiger partial charge in [-0.05, 0) is 50.6 Å². The molecular weight excluding hydrogens is 324 g/mol. The fraction of sp³-hybridized carbons (Fsp3) is 0.333. The molecule has 2 N–H and O–H groups in total. The number of aromatic amines is 1. The lowest BCUT2D eigenvalue weighted by Gasteiger charge is -2.24. The molecule has 0 radical (unpaired) electrons. The van der Waals surface area contributed by atoms with Gasteiger partial charge in [-0.2, -0.15) is 5.10 Å². The summed E-state index contributed by atoms with van der Waals surface area (Å²) in [5.41, 5.74) is 3.59. The maximum Gasteiger partial charge on any atom is 0.272 e. The number of carbonyl (C=O) groups is 1. The summed E-state index contributed by atoms with van der Waals surface area (Å²) < 4.78 is 0. The molecular formula is C21H24N4O. The molecule has 3 aromatic rings. The molecule has 0 aliphatic carbocycles. The van der Waals surface area contributed by atoms with Gasteiger partial charge in [0.15, 0.2) is 5.69 Å². The van der Waals surface area contributed by atoms with Crippen molar-refractivity contribution in [2.45, 2.75) is 25.8 Å². The molecule has 26 heavy (non-hydrogen) atoms. The number of aryl methyl sites for hydroxylation is 1. The van der Waals surface area contributed by atoms with Gasteiger partial charge in [0.1, 0.15) is 0 Å². The molecule has 2 aromatic carbocycles. The lowest BCUT2D eigenvalue weighted by Crippen LogP contribution is -2.37. The summed E-state index contributed by atoms with van der Waals surface area (Å²) in [5.74, 6) is -0.130. The minimum Gasteiger partial charge on any atom is -0.343 e. The van der Waals surface area contributed by atoms with Crippen LogP contribution in [0, 0.1) is 6.92 Å². The number of likely N-dealkylation sites (tertiary alicyclic amines) is 1. The van der Waals surface area contributed by atoms with Crippen molar-refractivity contribution in [2.24, 2.45) is 0 Å². The van der Waals surface area contributed by atoms with Crippen LogP contribution in [0.25, 0.3) is 10.9 Å². The van der Waals surface area contributed by atoms with Crippen LogP contribution in [-0.2, 0) is 0 Å². The fourth-order valence-electron chi connectivity index (χ4n) is 3.67. The average Bonchev–Trinajstić information content (AvgIpc) is 3.31. The number of hydrogen-bond donors (Lipinski definition) is 2. The Morgan fingerprint density at radius 2 is 1.96 bits per heavy atom. The molecule has 134 valence electrons. The number of nitrogens with one attached hydrogen (secondary N) is 2. The van der Waals surface area contributed by atoms with Crippen LogP contribution in [0.2, 0.25) is 0 Å². The first-order valence-electron chi connectivity index (χ1n) is 9.23. The van der Waals surface area contributed by atoms with Gasteiger partial charge in [0.25, 0.3) is 5.91 Å². The molecule has 1 fully saturated rings. The Hall–Kier alpha value is -2.66. The van der Waals surface area contributed by atoms with Crippen LogP contribution in [0.4, 0.5) is 0 Å². The summed E-state index contributed by atoms with van der Waals surface area (Å²) in [6.45, 7) is 5.05. The van der Waals surface area contributed by atoms with Crippen molar-refractivity contribution < 1.29 is 4.79 Å². The molecule has 0 saturated carbocycles. The first-order valence-corrected chi connectivity index (χ1v) is 9.23. The highest BCUT2D eigenvalue weighted by Gasteiger charge is 2.23. The summed E-state index contributed by atoms with van der Waals surface area (Å²) in [5, 5.41) is 11.3. The van der Waals surface area contributed by atoms with Crippen molar-refractivity contribution >= 4 is 16.8 Å². The van der Waals surface area contributed by atoms with E-state index in [9.17, 15) is 4.79 Å². The van der Waals surface area contributed by atoms with E-state index in [0.29, 0.717) is 5.69 Å². The molecule has 5 nitrogen and oxygen atoms in total. The smallest absolute Gasteiger partial charge is 0.272 e. The number of benzene rings is 2. The fourth-order valence-corrected chi connectivity index (χ4v) is 3.67. The maximum atomic E-state index is 13.0. The lowest BCUT2D eigenvalue weighted by molar-refractivity contribution is 0.0923. The average molecular weight is 348 g/mol. The molecule has 1 unspecified atom stereocenters. The van der Waals surface area contributed by atoms with Gasteiger partial charge in [0.05, 0.1) is 11.6 Å². The molecule has 1 atom stereocenters. The molecule has 1 aliphatic heterocycles. The van der Waals surface area contributed by atoms with Gasteiger partial charge in [0.2, 0.25) is 0 Å². The van der Waals surface area contributed by atoms with Crippen molar-refractivity contribution in [3.8, 4) is 0 Å². The first-order chi connectivity index (χ1) is 12.7. The number of rotatable bonds is 5. The van der Waals surface area contributed by atoms with Crippen molar-refractivity contribution in [3.05, 3.63) is 65.4 Å². The Bertz CT molecular complexity index is 897. The number of nitrogens with zero attached hydrogens (tertiary/aromatic N) is 2. The Balaban J connectivity index is 1.59. The quantitative estimate of drug-likeness (QED) is 0.742. The van der Waals surface area contributed by atoms with E-state index in [1.807, 2.05) is 43.3 Å².